The van der Waals surface area contributed by atoms with E-state index in [4.69, 9.17) is 19.6 Å². The highest BCUT2D eigenvalue weighted by Crippen LogP contribution is 2.28. The van der Waals surface area contributed by atoms with E-state index in [9.17, 15) is 14.0 Å². The van der Waals surface area contributed by atoms with Gasteiger partial charge in [0.05, 0.1) is 19.4 Å². The molecule has 1 aliphatic carbocycles. The van der Waals surface area contributed by atoms with Crippen molar-refractivity contribution >= 4 is 23.2 Å². The minimum atomic E-state index is -0.931. The lowest BCUT2D eigenvalue weighted by atomic mass is 10.0. The molecular formula is C31H35FN4O5. The fraction of sp³-hybridized carbons (Fsp3) is 0.258. The predicted octanol–water partition coefficient (Wildman–Crippen LogP) is 4.67. The van der Waals surface area contributed by atoms with Crippen LogP contribution in [0.2, 0.25) is 0 Å². The van der Waals surface area contributed by atoms with Crippen LogP contribution in [0, 0.1) is 18.2 Å². The molecule has 0 spiro atoms. The van der Waals surface area contributed by atoms with E-state index in [1.54, 1.807) is 6.08 Å². The van der Waals surface area contributed by atoms with Crippen molar-refractivity contribution < 1.29 is 28.2 Å². The van der Waals surface area contributed by atoms with E-state index >= 15 is 0 Å². The van der Waals surface area contributed by atoms with Gasteiger partial charge in [0.1, 0.15) is 5.76 Å². The third-order valence-electron chi connectivity index (χ3n) is 5.98. The van der Waals surface area contributed by atoms with Crippen LogP contribution < -0.4 is 20.7 Å². The van der Waals surface area contributed by atoms with E-state index in [-0.39, 0.29) is 29.5 Å². The van der Waals surface area contributed by atoms with Crippen molar-refractivity contribution in [2.24, 2.45) is 0 Å². The molecule has 3 rings (SSSR count). The maximum Gasteiger partial charge on any atom is 0.313 e. The molecule has 216 valence electrons. The summed E-state index contributed by atoms with van der Waals surface area (Å²) in [6, 6.07) is 11.3. The topological polar surface area (TPSA) is 122 Å². The molecule has 0 bridgehead atoms. The first-order chi connectivity index (χ1) is 19.7. The summed E-state index contributed by atoms with van der Waals surface area (Å²) in [5.74, 6) is -1.79. The highest BCUT2D eigenvalue weighted by molar-refractivity contribution is 6.39. The van der Waals surface area contributed by atoms with Crippen LogP contribution in [0.25, 0.3) is 0 Å². The van der Waals surface area contributed by atoms with Crippen LogP contribution in [0.3, 0.4) is 0 Å². The molecule has 2 amide bonds. The fourth-order valence-electron chi connectivity index (χ4n) is 3.88. The average molecular weight is 563 g/mol. The average Bonchev–Trinajstić information content (AvgIpc) is 2.96. The Balaban J connectivity index is 1.65. The number of methoxy groups -OCH3 is 1. The van der Waals surface area contributed by atoms with E-state index in [0.29, 0.717) is 23.7 Å². The van der Waals surface area contributed by atoms with Crippen LogP contribution >= 0.6 is 0 Å². The van der Waals surface area contributed by atoms with Gasteiger partial charge in [0.25, 0.3) is 0 Å². The molecule has 0 unspecified atom stereocenters. The van der Waals surface area contributed by atoms with E-state index in [2.05, 4.69) is 22.5 Å². The number of aryl methyl sites for hydroxylation is 1. The summed E-state index contributed by atoms with van der Waals surface area (Å²) in [6.07, 6.45) is 6.23. The normalized spacial score (nSPS) is 13.9. The number of rotatable bonds is 13. The molecule has 0 atom stereocenters. The SMILES string of the molecule is C=C/C(Oc1ccc(NC(=O)C(=O)NCc2cccc(C)c2)cc1F)=C1/C=C(OC)C(OCCCCNC)=CC1=N. The lowest BCUT2D eigenvalue weighted by Gasteiger charge is -2.20. The second-order valence-corrected chi connectivity index (χ2v) is 9.15. The Hall–Kier alpha value is -4.70. The molecule has 41 heavy (non-hydrogen) atoms. The van der Waals surface area contributed by atoms with Gasteiger partial charge >= 0.3 is 11.8 Å². The Labute approximate surface area is 239 Å². The summed E-state index contributed by atoms with van der Waals surface area (Å²) in [6.45, 7) is 7.19. The second-order valence-electron chi connectivity index (χ2n) is 9.15. The molecule has 0 radical (unpaired) electrons. The number of anilines is 1. The minimum Gasteiger partial charge on any atom is -0.493 e. The first kappa shape index (κ1) is 30.8. The zero-order valence-corrected chi connectivity index (χ0v) is 23.4. The number of benzene rings is 2. The van der Waals surface area contributed by atoms with E-state index in [0.717, 1.165) is 36.6 Å². The summed E-state index contributed by atoms with van der Waals surface area (Å²) in [7, 11) is 3.37. The van der Waals surface area contributed by atoms with Gasteiger partial charge < -0.3 is 30.2 Å². The van der Waals surface area contributed by atoms with Crippen LogP contribution in [-0.2, 0) is 25.6 Å². The summed E-state index contributed by atoms with van der Waals surface area (Å²) < 4.78 is 31.9. The molecule has 2 aromatic rings. The molecule has 1 aliphatic rings. The predicted molar refractivity (Wildman–Crippen MR) is 156 cm³/mol. The number of carbonyl (C=O) groups is 2. The van der Waals surface area contributed by atoms with Gasteiger partial charge in [-0.25, -0.2) is 4.39 Å². The smallest absolute Gasteiger partial charge is 0.313 e. The number of ether oxygens (including phenoxy) is 3. The Bertz CT molecular complexity index is 1400. The monoisotopic (exact) mass is 562 g/mol. The van der Waals surface area contributed by atoms with Gasteiger partial charge in [-0.1, -0.05) is 36.4 Å². The summed E-state index contributed by atoms with van der Waals surface area (Å²) in [5, 5.41) is 16.5. The standard InChI is InChI=1S/C31H35FN4O5/c1-5-26(23-17-28(39-4)29(18-25(23)33)40-14-7-6-13-34-3)41-27-12-11-22(16-24(27)32)36-31(38)30(37)35-19-21-10-8-9-20(2)15-21/h5,8-12,15-18,33-34H,1,6-7,13-14,19H2,2-4H3,(H,35,37)(H,36,38)/b26-23+,33-25?. The van der Waals surface area contributed by atoms with Gasteiger partial charge in [-0.2, -0.15) is 0 Å². The van der Waals surface area contributed by atoms with Gasteiger partial charge in [-0.3, -0.25) is 15.0 Å². The maximum absolute atomic E-state index is 14.9. The molecule has 0 aromatic heterocycles. The Morgan fingerprint density at radius 3 is 2.56 bits per heavy atom. The highest BCUT2D eigenvalue weighted by atomic mass is 19.1. The number of amides is 2. The van der Waals surface area contributed by atoms with E-state index in [1.165, 1.54) is 31.4 Å². The zero-order valence-electron chi connectivity index (χ0n) is 23.4. The molecule has 0 saturated carbocycles. The molecule has 0 heterocycles. The molecule has 0 fully saturated rings. The molecular weight excluding hydrogens is 527 g/mol. The van der Waals surface area contributed by atoms with Crippen molar-refractivity contribution in [2.75, 3.05) is 32.6 Å². The quantitative estimate of drug-likeness (QED) is 0.160. The Kier molecular flexibility index (Phi) is 11.4. The molecule has 0 saturated heterocycles. The van der Waals surface area contributed by atoms with Crippen molar-refractivity contribution in [3.05, 3.63) is 107 Å². The van der Waals surface area contributed by atoms with Gasteiger partial charge in [0.15, 0.2) is 23.1 Å². The van der Waals surface area contributed by atoms with E-state index in [1.807, 2.05) is 38.2 Å². The number of allylic oxidation sites excluding steroid dienone is 4. The largest absolute Gasteiger partial charge is 0.493 e. The van der Waals surface area contributed by atoms with Crippen molar-refractivity contribution in [2.45, 2.75) is 26.3 Å². The number of unbranched alkanes of at least 4 members (excludes halogenated alkanes) is 1. The molecule has 4 N–H and O–H groups in total. The minimum absolute atomic E-state index is 0.0739. The molecule has 10 heteroatoms. The summed E-state index contributed by atoms with van der Waals surface area (Å²) in [5.41, 5.74) is 2.35. The number of nitrogens with one attached hydrogen (secondary N) is 4. The third kappa shape index (κ3) is 8.91. The lowest BCUT2D eigenvalue weighted by molar-refractivity contribution is -0.136. The number of halogens is 1. The van der Waals surface area contributed by atoms with Crippen molar-refractivity contribution in [3.63, 3.8) is 0 Å². The van der Waals surface area contributed by atoms with Crippen molar-refractivity contribution in [1.82, 2.24) is 10.6 Å². The maximum atomic E-state index is 14.9. The Morgan fingerprint density at radius 2 is 1.88 bits per heavy atom. The van der Waals surface area contributed by atoms with E-state index < -0.39 is 17.6 Å². The highest BCUT2D eigenvalue weighted by Gasteiger charge is 2.21. The summed E-state index contributed by atoms with van der Waals surface area (Å²) >= 11 is 0. The lowest BCUT2D eigenvalue weighted by Crippen LogP contribution is -2.35. The second kappa shape index (κ2) is 15.2. The first-order valence-electron chi connectivity index (χ1n) is 13.1. The van der Waals surface area contributed by atoms with Crippen molar-refractivity contribution in [3.8, 4) is 5.75 Å². The van der Waals surface area contributed by atoms with Gasteiger partial charge in [-0.05, 0) is 63.2 Å². The third-order valence-corrected chi connectivity index (χ3v) is 5.98. The first-order valence-corrected chi connectivity index (χ1v) is 13.1. The van der Waals surface area contributed by atoms with Crippen LogP contribution in [0.4, 0.5) is 10.1 Å². The summed E-state index contributed by atoms with van der Waals surface area (Å²) in [4.78, 5) is 24.5. The van der Waals surface area contributed by atoms with Gasteiger partial charge in [0, 0.05) is 29.9 Å². The van der Waals surface area contributed by atoms with Crippen LogP contribution in [-0.4, -0.2) is 44.8 Å². The number of hydrogen-bond acceptors (Lipinski definition) is 7. The van der Waals surface area contributed by atoms with Crippen LogP contribution in [0.1, 0.15) is 24.0 Å². The number of carbonyl (C=O) groups excluding carboxylic acids is 2. The zero-order chi connectivity index (χ0) is 29.8. The fourth-order valence-corrected chi connectivity index (χ4v) is 3.88. The van der Waals surface area contributed by atoms with Crippen LogP contribution in [0.5, 0.6) is 5.75 Å². The Morgan fingerprint density at radius 1 is 1.07 bits per heavy atom. The molecule has 0 aliphatic heterocycles. The van der Waals surface area contributed by atoms with Gasteiger partial charge in [0.2, 0.25) is 0 Å². The molecule has 9 nitrogen and oxygen atoms in total. The molecule has 2 aromatic carbocycles. The number of hydrogen-bond donors (Lipinski definition) is 4. The van der Waals surface area contributed by atoms with Crippen molar-refractivity contribution in [1.29, 1.82) is 5.41 Å². The van der Waals surface area contributed by atoms with Crippen LogP contribution in [0.15, 0.2) is 90.1 Å². The van der Waals surface area contributed by atoms with Gasteiger partial charge in [-0.15, -0.1) is 0 Å².